The first kappa shape index (κ1) is 24.4. The van der Waals surface area contributed by atoms with E-state index >= 15 is 0 Å². The molecular weight excluding hydrogens is 442 g/mol. The molecule has 1 saturated heterocycles. The third-order valence-electron chi connectivity index (χ3n) is 4.65. The topological polar surface area (TPSA) is 66.9 Å². The lowest BCUT2D eigenvalue weighted by molar-refractivity contribution is -0.143. The monoisotopic (exact) mass is 462 g/mol. The Bertz CT molecular complexity index is 845. The standard InChI is InChI=1S/C17H20F6N2O4S/c1-11(29-2)7-15(26)24-3-5-25(6-4-24)30(27,28)14-9-12(16(18,19)20)8-13(10-14)17(21,22)23/h8-11H,3-7H2,1-2H3. The number of halogens is 6. The number of hydrogen-bond acceptors (Lipinski definition) is 4. The summed E-state index contributed by atoms with van der Waals surface area (Å²) in [5, 5.41) is 0. The van der Waals surface area contributed by atoms with Gasteiger partial charge in [-0.3, -0.25) is 4.79 Å². The van der Waals surface area contributed by atoms with Crippen molar-refractivity contribution in [3.05, 3.63) is 29.3 Å². The van der Waals surface area contributed by atoms with Crippen molar-refractivity contribution in [1.29, 1.82) is 0 Å². The number of carbonyl (C=O) groups is 1. The van der Waals surface area contributed by atoms with Crippen LogP contribution in [0.4, 0.5) is 26.3 Å². The average molecular weight is 462 g/mol. The van der Waals surface area contributed by atoms with Gasteiger partial charge in [-0.2, -0.15) is 30.6 Å². The maximum absolute atomic E-state index is 13.0. The molecule has 1 atom stereocenters. The van der Waals surface area contributed by atoms with Crippen LogP contribution in [0.5, 0.6) is 0 Å². The van der Waals surface area contributed by atoms with Crippen molar-refractivity contribution in [2.45, 2.75) is 36.7 Å². The van der Waals surface area contributed by atoms with Crippen molar-refractivity contribution in [1.82, 2.24) is 9.21 Å². The molecule has 13 heteroatoms. The minimum absolute atomic E-state index is 0.0421. The van der Waals surface area contributed by atoms with Gasteiger partial charge in [-0.1, -0.05) is 0 Å². The minimum Gasteiger partial charge on any atom is -0.381 e. The zero-order valence-corrected chi connectivity index (χ0v) is 16.9. The fourth-order valence-electron chi connectivity index (χ4n) is 2.86. The van der Waals surface area contributed by atoms with Crippen molar-refractivity contribution >= 4 is 15.9 Å². The number of nitrogens with zero attached hydrogens (tertiary/aromatic N) is 2. The summed E-state index contributed by atoms with van der Waals surface area (Å²) in [6, 6.07) is 0.233. The third kappa shape index (κ3) is 5.64. The number of sulfonamides is 1. The Morgan fingerprint density at radius 3 is 1.87 bits per heavy atom. The van der Waals surface area contributed by atoms with E-state index in [9.17, 15) is 39.6 Å². The summed E-state index contributed by atoms with van der Waals surface area (Å²) in [5.41, 5.74) is -3.42. The second kappa shape index (κ2) is 8.71. The quantitative estimate of drug-likeness (QED) is 0.632. The van der Waals surface area contributed by atoms with Crippen molar-refractivity contribution < 1.29 is 44.3 Å². The summed E-state index contributed by atoms with van der Waals surface area (Å²) in [6.45, 7) is 1.07. The molecule has 1 aliphatic heterocycles. The van der Waals surface area contributed by atoms with Crippen LogP contribution in [0.1, 0.15) is 24.5 Å². The second-order valence-electron chi connectivity index (χ2n) is 6.78. The molecule has 1 aliphatic rings. The SMILES string of the molecule is COC(C)CC(=O)N1CCN(S(=O)(=O)c2cc(C(F)(F)F)cc(C(F)(F)F)c2)CC1. The Morgan fingerprint density at radius 1 is 1.00 bits per heavy atom. The molecule has 30 heavy (non-hydrogen) atoms. The van der Waals surface area contributed by atoms with Crippen molar-refractivity contribution in [2.75, 3.05) is 33.3 Å². The Labute approximate surface area is 169 Å². The van der Waals surface area contributed by atoms with Gasteiger partial charge in [0.25, 0.3) is 0 Å². The van der Waals surface area contributed by atoms with Crippen LogP contribution >= 0.6 is 0 Å². The van der Waals surface area contributed by atoms with E-state index in [1.165, 1.54) is 12.0 Å². The fraction of sp³-hybridized carbons (Fsp3) is 0.588. The first-order valence-corrected chi connectivity index (χ1v) is 10.2. The van der Waals surface area contributed by atoms with Gasteiger partial charge in [0.2, 0.25) is 15.9 Å². The predicted molar refractivity (Wildman–Crippen MR) is 92.9 cm³/mol. The Kier molecular flexibility index (Phi) is 7.09. The van der Waals surface area contributed by atoms with E-state index in [2.05, 4.69) is 0 Å². The van der Waals surface area contributed by atoms with E-state index in [0.29, 0.717) is 0 Å². The number of piperazine rings is 1. The number of benzene rings is 1. The van der Waals surface area contributed by atoms with Gasteiger partial charge >= 0.3 is 12.4 Å². The first-order chi connectivity index (χ1) is 13.7. The van der Waals surface area contributed by atoms with Crippen LogP contribution in [0.15, 0.2) is 23.1 Å². The van der Waals surface area contributed by atoms with Gasteiger partial charge in [0, 0.05) is 33.3 Å². The van der Waals surface area contributed by atoms with E-state index < -0.39 is 38.4 Å². The predicted octanol–water partition coefficient (Wildman–Crippen LogP) is 2.98. The highest BCUT2D eigenvalue weighted by Gasteiger charge is 2.39. The molecule has 1 amide bonds. The molecule has 0 radical (unpaired) electrons. The van der Waals surface area contributed by atoms with Gasteiger partial charge in [0.1, 0.15) is 0 Å². The number of methoxy groups -OCH3 is 1. The van der Waals surface area contributed by atoms with Crippen molar-refractivity contribution in [2.24, 2.45) is 0 Å². The van der Waals surface area contributed by atoms with E-state index in [1.807, 2.05) is 0 Å². The molecule has 170 valence electrons. The van der Waals surface area contributed by atoms with Crippen LogP contribution in [0, 0.1) is 0 Å². The Morgan fingerprint density at radius 2 is 1.47 bits per heavy atom. The summed E-state index contributed by atoms with van der Waals surface area (Å²) in [6.07, 6.45) is -10.6. The molecule has 2 rings (SSSR count). The van der Waals surface area contributed by atoms with Crippen LogP contribution in [-0.4, -0.2) is 62.9 Å². The molecule has 1 fully saturated rings. The van der Waals surface area contributed by atoms with Crippen LogP contribution in [0.2, 0.25) is 0 Å². The Balaban J connectivity index is 2.27. The molecule has 1 aromatic carbocycles. The lowest BCUT2D eigenvalue weighted by Gasteiger charge is -2.34. The second-order valence-corrected chi connectivity index (χ2v) is 8.71. The van der Waals surface area contributed by atoms with Crippen LogP contribution in [0.3, 0.4) is 0 Å². The zero-order chi connectivity index (χ0) is 22.9. The maximum atomic E-state index is 13.0. The largest absolute Gasteiger partial charge is 0.416 e. The highest BCUT2D eigenvalue weighted by Crippen LogP contribution is 2.37. The summed E-state index contributed by atoms with van der Waals surface area (Å²) < 4.78 is 109. The number of carbonyl (C=O) groups excluding carboxylic acids is 1. The van der Waals surface area contributed by atoms with E-state index in [1.54, 1.807) is 6.92 Å². The van der Waals surface area contributed by atoms with Crippen LogP contribution < -0.4 is 0 Å². The van der Waals surface area contributed by atoms with Crippen LogP contribution in [-0.2, 0) is 31.9 Å². The molecule has 0 bridgehead atoms. The highest BCUT2D eigenvalue weighted by atomic mass is 32.2. The number of hydrogen-bond donors (Lipinski definition) is 0. The van der Waals surface area contributed by atoms with Crippen LogP contribution in [0.25, 0.3) is 0 Å². The number of amides is 1. The molecule has 0 N–H and O–H groups in total. The van der Waals surface area contributed by atoms with E-state index in [4.69, 9.17) is 4.74 Å². The van der Waals surface area contributed by atoms with Crippen molar-refractivity contribution in [3.63, 3.8) is 0 Å². The highest BCUT2D eigenvalue weighted by molar-refractivity contribution is 7.89. The van der Waals surface area contributed by atoms with Crippen molar-refractivity contribution in [3.8, 4) is 0 Å². The molecule has 0 saturated carbocycles. The number of ether oxygens (including phenoxy) is 1. The smallest absolute Gasteiger partial charge is 0.381 e. The molecule has 6 nitrogen and oxygen atoms in total. The molecule has 0 aliphatic carbocycles. The number of rotatable bonds is 5. The molecule has 1 aromatic rings. The van der Waals surface area contributed by atoms with Gasteiger partial charge in [-0.25, -0.2) is 8.42 Å². The first-order valence-electron chi connectivity index (χ1n) is 8.76. The van der Waals surface area contributed by atoms with E-state index in [-0.39, 0.29) is 62.8 Å². The molecule has 1 unspecified atom stereocenters. The molecule has 1 heterocycles. The summed E-state index contributed by atoms with van der Waals surface area (Å²) >= 11 is 0. The van der Waals surface area contributed by atoms with Gasteiger partial charge in [-0.05, 0) is 25.1 Å². The molecule has 0 spiro atoms. The van der Waals surface area contributed by atoms with Gasteiger partial charge in [0.15, 0.2) is 0 Å². The Hall–Kier alpha value is -1.86. The normalized spacial score (nSPS) is 17.8. The molecule has 0 aromatic heterocycles. The third-order valence-corrected chi connectivity index (χ3v) is 6.53. The summed E-state index contributed by atoms with van der Waals surface area (Å²) in [5.74, 6) is -0.292. The summed E-state index contributed by atoms with van der Waals surface area (Å²) in [4.78, 5) is 12.4. The van der Waals surface area contributed by atoms with Gasteiger partial charge < -0.3 is 9.64 Å². The fourth-order valence-corrected chi connectivity index (χ4v) is 4.35. The van der Waals surface area contributed by atoms with Gasteiger partial charge in [-0.15, -0.1) is 0 Å². The average Bonchev–Trinajstić information content (AvgIpc) is 2.66. The lowest BCUT2D eigenvalue weighted by Crippen LogP contribution is -2.51. The van der Waals surface area contributed by atoms with E-state index in [0.717, 1.165) is 4.31 Å². The lowest BCUT2D eigenvalue weighted by atomic mass is 10.1. The number of alkyl halides is 6. The zero-order valence-electron chi connectivity index (χ0n) is 16.0. The maximum Gasteiger partial charge on any atom is 0.416 e. The van der Waals surface area contributed by atoms with Gasteiger partial charge in [0.05, 0.1) is 28.5 Å². The molecular formula is C17H20F6N2O4S. The summed E-state index contributed by atoms with van der Waals surface area (Å²) in [7, 11) is -3.21. The minimum atomic E-state index is -5.16.